The summed E-state index contributed by atoms with van der Waals surface area (Å²) in [5, 5.41) is 0. The van der Waals surface area contributed by atoms with Crippen molar-refractivity contribution in [3.8, 4) is 0 Å². The highest BCUT2D eigenvalue weighted by Crippen LogP contribution is 1.49. The second kappa shape index (κ2) is 4.86. The van der Waals surface area contributed by atoms with Gasteiger partial charge in [-0.1, -0.05) is 12.4 Å². The van der Waals surface area contributed by atoms with Crippen LogP contribution in [0.15, 0.2) is 0 Å². The molecule has 0 saturated carbocycles. The molecular formula is H3Cl3O4. The Balaban J connectivity index is -0.0000000800. The fourth-order valence-corrected chi connectivity index (χ4v) is 0. The minimum Gasteiger partial charge on any atom is -1.00 e. The molecule has 0 heterocycles. The first-order valence-corrected chi connectivity index (χ1v) is 1.85. The topological polar surface area (TPSA) is 92.2 Å². The van der Waals surface area contributed by atoms with Crippen LogP contribution in [0.3, 0.4) is 0 Å². The zero-order valence-corrected chi connectivity index (χ0v) is 5.40. The van der Waals surface area contributed by atoms with Crippen LogP contribution in [0.5, 0.6) is 0 Å². The monoisotopic (exact) mass is 172 g/mol. The maximum absolute atomic E-state index is 8.49. The maximum atomic E-state index is 8.49. The quantitative estimate of drug-likeness (QED) is 0.364. The summed E-state index contributed by atoms with van der Waals surface area (Å²) in [7, 11) is -4.94. The first kappa shape index (κ1) is 15.6. The smallest absolute Gasteiger partial charge is 0.0540 e. The Bertz CT molecular complexity index is 22.4. The van der Waals surface area contributed by atoms with Crippen molar-refractivity contribution in [3.63, 3.8) is 0 Å². The van der Waals surface area contributed by atoms with Gasteiger partial charge < -0.3 is 12.4 Å². The van der Waals surface area contributed by atoms with Crippen molar-refractivity contribution < 1.29 is 53.7 Å². The van der Waals surface area contributed by atoms with Gasteiger partial charge in [0.1, 0.15) is 0 Å². The largest absolute Gasteiger partial charge is 1.00 e. The lowest BCUT2D eigenvalue weighted by Gasteiger charge is -2.17. The van der Waals surface area contributed by atoms with Crippen LogP contribution in [0.1, 0.15) is 0 Å². The molecule has 0 atom stereocenters. The normalized spacial score (nSPS) is 8.57. The molecule has 0 aromatic rings. The van der Waals surface area contributed by atoms with Gasteiger partial charge in [-0.2, -0.15) is 0 Å². The molecule has 0 unspecified atom stereocenters. The molecule has 7 heteroatoms. The van der Waals surface area contributed by atoms with Crippen LogP contribution in [0.2, 0.25) is 0 Å². The molecule has 0 radical (unpaired) electrons. The third-order valence-corrected chi connectivity index (χ3v) is 0. The van der Waals surface area contributed by atoms with E-state index in [1.54, 1.807) is 0 Å². The Morgan fingerprint density at radius 2 is 0.857 bits per heavy atom. The SMILES string of the molecule is [Cl-].[ClH3+2].[O-][Cl+3]([O-])([O-])[O-]. The van der Waals surface area contributed by atoms with Gasteiger partial charge in [0.25, 0.3) is 0 Å². The molecule has 0 aromatic heterocycles. The van der Waals surface area contributed by atoms with E-state index in [2.05, 4.69) is 0 Å². The average Bonchev–Trinajstić information content (AvgIpc) is 0.722. The van der Waals surface area contributed by atoms with Gasteiger partial charge in [0.15, 0.2) is 0 Å². The van der Waals surface area contributed by atoms with Crippen LogP contribution in [-0.2, 0) is 0 Å². The molecule has 4 nitrogen and oxygen atoms in total. The van der Waals surface area contributed by atoms with Gasteiger partial charge in [0, 0.05) is 0 Å². The lowest BCUT2D eigenvalue weighted by molar-refractivity contribution is -2.00. The summed E-state index contributed by atoms with van der Waals surface area (Å²) in [6.45, 7) is 0. The van der Waals surface area contributed by atoms with Crippen molar-refractivity contribution in [1.82, 2.24) is 0 Å². The highest BCUT2D eigenvalue weighted by atomic mass is 35.7. The molecule has 7 heavy (non-hydrogen) atoms. The third kappa shape index (κ3) is 295. The third-order valence-electron chi connectivity index (χ3n) is 0. The Hall–Kier alpha value is 0.710. The van der Waals surface area contributed by atoms with Crippen molar-refractivity contribution in [2.75, 3.05) is 0 Å². The van der Waals surface area contributed by atoms with E-state index in [0.29, 0.717) is 0 Å². The van der Waals surface area contributed by atoms with Gasteiger partial charge in [-0.15, -0.1) is 10.2 Å². The van der Waals surface area contributed by atoms with E-state index < -0.39 is 10.2 Å². The highest BCUT2D eigenvalue weighted by molar-refractivity contribution is 2.00. The van der Waals surface area contributed by atoms with Gasteiger partial charge in [-0.3, -0.25) is 0 Å². The number of rotatable bonds is 0. The highest BCUT2D eigenvalue weighted by Gasteiger charge is 1.84. The molecule has 0 amide bonds. The molecule has 0 aliphatic rings. The molecule has 0 spiro atoms. The first-order valence-electron chi connectivity index (χ1n) is 0.617. The molecule has 0 aliphatic carbocycles. The fourth-order valence-electron chi connectivity index (χ4n) is 0. The minimum atomic E-state index is -4.94. The Morgan fingerprint density at radius 3 is 0.857 bits per heavy atom. The van der Waals surface area contributed by atoms with Gasteiger partial charge >= 0.3 is 0 Å². The zero-order chi connectivity index (χ0) is 4.50. The van der Waals surface area contributed by atoms with Crippen molar-refractivity contribution >= 4 is 0 Å². The van der Waals surface area contributed by atoms with E-state index in [9.17, 15) is 0 Å². The summed E-state index contributed by atoms with van der Waals surface area (Å²) in [5.74, 6) is 0. The number of halogens is 3. The van der Waals surface area contributed by atoms with Gasteiger partial charge in [-0.05, 0) is 0 Å². The van der Waals surface area contributed by atoms with E-state index in [1.165, 1.54) is 0 Å². The van der Waals surface area contributed by atoms with Crippen LogP contribution in [0.25, 0.3) is 0 Å². The molecule has 0 rings (SSSR count). The van der Waals surface area contributed by atoms with Gasteiger partial charge in [0.05, 0.1) is 0 Å². The van der Waals surface area contributed by atoms with Gasteiger partial charge in [-0.25, -0.2) is 18.6 Å². The number of hydrogen-bond acceptors (Lipinski definition) is 4. The molecule has 0 aromatic carbocycles. The van der Waals surface area contributed by atoms with Crippen LogP contribution in [0.4, 0.5) is 0 Å². The lowest BCUT2D eigenvalue weighted by atomic mass is 15.8. The Kier molecular flexibility index (Phi) is 10.9. The summed E-state index contributed by atoms with van der Waals surface area (Å²) < 4.78 is 34.0. The van der Waals surface area contributed by atoms with Crippen molar-refractivity contribution in [1.29, 1.82) is 0 Å². The second-order valence-electron chi connectivity index (χ2n) is 0.378. The summed E-state index contributed by atoms with van der Waals surface area (Å²) in [6, 6.07) is 0. The summed E-state index contributed by atoms with van der Waals surface area (Å²) >= 11 is 0. The van der Waals surface area contributed by atoms with Crippen LogP contribution < -0.4 is 31.0 Å². The minimum absolute atomic E-state index is 0. The van der Waals surface area contributed by atoms with Crippen LogP contribution in [-0.4, -0.2) is 0 Å². The van der Waals surface area contributed by atoms with Crippen molar-refractivity contribution in [2.45, 2.75) is 0 Å². The van der Waals surface area contributed by atoms with E-state index in [1.807, 2.05) is 0 Å². The average molecular weight is 173 g/mol. The molecule has 48 valence electrons. The molecule has 0 saturated heterocycles. The zero-order valence-electron chi connectivity index (χ0n) is 2.89. The van der Waals surface area contributed by atoms with E-state index in [4.69, 9.17) is 18.6 Å². The second-order valence-corrected chi connectivity index (χ2v) is 1.13. The molecule has 0 bridgehead atoms. The Morgan fingerprint density at radius 1 is 0.857 bits per heavy atom. The van der Waals surface area contributed by atoms with Crippen LogP contribution in [0, 0.1) is 22.7 Å². The van der Waals surface area contributed by atoms with Crippen molar-refractivity contribution in [3.05, 3.63) is 0 Å². The standard InChI is InChI=1S/ClHO4.ClH3.ClH/c2-1(3,4)5;;/h(H,2,3,4,5);1H3;1H/q;+2;/p-2. The summed E-state index contributed by atoms with van der Waals surface area (Å²) in [5.41, 5.74) is 0. The molecule has 0 N–H and O–H groups in total. The van der Waals surface area contributed by atoms with E-state index in [-0.39, 0.29) is 24.8 Å². The van der Waals surface area contributed by atoms with Gasteiger partial charge in [0.2, 0.25) is 0 Å². The predicted molar refractivity (Wildman–Crippen MR) is 4.19 cm³/mol. The number of hydrogen-bond donors (Lipinski definition) is 0. The molecule has 0 fully saturated rings. The predicted octanol–water partition coefficient (Wildman–Crippen LogP) is -8.56. The Labute approximate surface area is 54.3 Å². The first-order chi connectivity index (χ1) is 2.00. The van der Waals surface area contributed by atoms with E-state index in [0.717, 1.165) is 0 Å². The molecule has 0 aliphatic heterocycles. The van der Waals surface area contributed by atoms with E-state index >= 15 is 0 Å². The maximum Gasteiger partial charge on any atom is -0.0540 e. The fraction of sp³-hybridized carbons (Fsp3) is 0. The summed E-state index contributed by atoms with van der Waals surface area (Å²) in [4.78, 5) is 0. The molecular weight excluding hydrogens is 170 g/mol. The van der Waals surface area contributed by atoms with Crippen LogP contribution >= 0.6 is 0 Å². The lowest BCUT2D eigenvalue weighted by Crippen LogP contribution is -3.00. The van der Waals surface area contributed by atoms with Crippen molar-refractivity contribution in [2.24, 2.45) is 0 Å². The summed E-state index contributed by atoms with van der Waals surface area (Å²) in [6.07, 6.45) is 0.